The highest BCUT2D eigenvalue weighted by atomic mass is 16.6. The van der Waals surface area contributed by atoms with Crippen LogP contribution >= 0.6 is 0 Å². The van der Waals surface area contributed by atoms with E-state index in [1.807, 2.05) is 12.1 Å². The zero-order valence-corrected chi connectivity index (χ0v) is 11.9. The average Bonchev–Trinajstić information content (AvgIpc) is 2.97. The van der Waals surface area contributed by atoms with E-state index in [0.717, 1.165) is 22.6 Å². The van der Waals surface area contributed by atoms with Gasteiger partial charge in [0.1, 0.15) is 13.2 Å². The van der Waals surface area contributed by atoms with Crippen LogP contribution in [0.1, 0.15) is 23.6 Å². The van der Waals surface area contributed by atoms with Crippen LogP contribution in [-0.2, 0) is 16.1 Å². The molecule has 0 amide bonds. The smallest absolute Gasteiger partial charge is 0.307 e. The van der Waals surface area contributed by atoms with E-state index >= 15 is 0 Å². The van der Waals surface area contributed by atoms with Crippen molar-refractivity contribution >= 4 is 5.97 Å². The van der Waals surface area contributed by atoms with Crippen molar-refractivity contribution in [3.63, 3.8) is 0 Å². The van der Waals surface area contributed by atoms with Crippen LogP contribution in [0.15, 0.2) is 12.1 Å². The molecule has 2 atom stereocenters. The number of hydrogen-bond donors (Lipinski definition) is 2. The van der Waals surface area contributed by atoms with Gasteiger partial charge >= 0.3 is 5.97 Å². The van der Waals surface area contributed by atoms with E-state index in [-0.39, 0.29) is 12.0 Å². The Morgan fingerprint density at radius 3 is 2.95 bits per heavy atom. The third-order valence-electron chi connectivity index (χ3n) is 3.97. The maximum Gasteiger partial charge on any atom is 0.307 e. The van der Waals surface area contributed by atoms with Gasteiger partial charge in [0, 0.05) is 25.3 Å². The summed E-state index contributed by atoms with van der Waals surface area (Å²) in [7, 11) is 1.64. The van der Waals surface area contributed by atoms with E-state index < -0.39 is 5.97 Å². The molecular formula is C15H19NO5. The van der Waals surface area contributed by atoms with Gasteiger partial charge in [0.05, 0.1) is 12.5 Å². The maximum absolute atomic E-state index is 11.2. The predicted molar refractivity (Wildman–Crippen MR) is 74.6 cm³/mol. The minimum atomic E-state index is -0.764. The number of hydrogen-bond acceptors (Lipinski definition) is 5. The molecule has 1 saturated heterocycles. The molecular weight excluding hydrogens is 274 g/mol. The minimum absolute atomic E-state index is 0.0482. The second kappa shape index (κ2) is 5.91. The molecule has 21 heavy (non-hydrogen) atoms. The fraction of sp³-hybridized carbons (Fsp3) is 0.533. The van der Waals surface area contributed by atoms with Crippen molar-refractivity contribution in [2.24, 2.45) is 5.92 Å². The summed E-state index contributed by atoms with van der Waals surface area (Å²) in [4.78, 5) is 11.2. The van der Waals surface area contributed by atoms with Gasteiger partial charge in [-0.15, -0.1) is 0 Å². The molecule has 6 heteroatoms. The number of benzene rings is 1. The molecule has 0 radical (unpaired) electrons. The second-order valence-corrected chi connectivity index (χ2v) is 5.33. The van der Waals surface area contributed by atoms with Gasteiger partial charge in [0.25, 0.3) is 0 Å². The zero-order chi connectivity index (χ0) is 14.8. The van der Waals surface area contributed by atoms with E-state index in [1.54, 1.807) is 7.11 Å². The molecule has 0 aliphatic carbocycles. The third-order valence-corrected chi connectivity index (χ3v) is 3.97. The summed E-state index contributed by atoms with van der Waals surface area (Å²) in [5.41, 5.74) is 1.98. The van der Waals surface area contributed by atoms with Gasteiger partial charge < -0.3 is 24.6 Å². The molecule has 2 aliphatic heterocycles. The second-order valence-electron chi connectivity index (χ2n) is 5.33. The molecule has 0 aromatic heterocycles. The maximum atomic E-state index is 11.2. The summed E-state index contributed by atoms with van der Waals surface area (Å²) in [6.45, 7) is 1.97. The highest BCUT2D eigenvalue weighted by Gasteiger charge is 2.34. The highest BCUT2D eigenvalue weighted by molar-refractivity contribution is 5.71. The molecule has 1 aromatic carbocycles. The van der Waals surface area contributed by atoms with Crippen molar-refractivity contribution in [3.05, 3.63) is 23.3 Å². The number of fused-ring (bicyclic) bond motifs is 1. The molecule has 0 bridgehead atoms. The van der Waals surface area contributed by atoms with E-state index in [4.69, 9.17) is 19.3 Å². The van der Waals surface area contributed by atoms with Crippen LogP contribution in [0.3, 0.4) is 0 Å². The Labute approximate surface area is 123 Å². The van der Waals surface area contributed by atoms with Gasteiger partial charge in [0.2, 0.25) is 0 Å². The lowest BCUT2D eigenvalue weighted by molar-refractivity contribution is -0.141. The lowest BCUT2D eigenvalue weighted by Crippen LogP contribution is -2.21. The van der Waals surface area contributed by atoms with Crippen molar-refractivity contribution in [3.8, 4) is 11.5 Å². The lowest BCUT2D eigenvalue weighted by atomic mass is 9.94. The number of methoxy groups -OCH3 is 1. The fourth-order valence-corrected chi connectivity index (χ4v) is 2.99. The summed E-state index contributed by atoms with van der Waals surface area (Å²) >= 11 is 0. The molecule has 2 N–H and O–H groups in total. The first-order chi connectivity index (χ1) is 10.2. The van der Waals surface area contributed by atoms with Crippen molar-refractivity contribution < 1.29 is 24.1 Å². The summed E-state index contributed by atoms with van der Waals surface area (Å²) in [6.07, 6.45) is 0.547. The van der Waals surface area contributed by atoms with Crippen LogP contribution in [0.25, 0.3) is 0 Å². The van der Waals surface area contributed by atoms with Gasteiger partial charge in [-0.2, -0.15) is 0 Å². The van der Waals surface area contributed by atoms with Crippen LogP contribution in [-0.4, -0.2) is 37.9 Å². The van der Waals surface area contributed by atoms with Crippen LogP contribution in [0.2, 0.25) is 0 Å². The zero-order valence-electron chi connectivity index (χ0n) is 11.9. The van der Waals surface area contributed by atoms with Crippen LogP contribution < -0.4 is 14.8 Å². The number of ether oxygens (including phenoxy) is 3. The third kappa shape index (κ3) is 2.69. The Kier molecular flexibility index (Phi) is 3.98. The quantitative estimate of drug-likeness (QED) is 0.872. The molecule has 6 nitrogen and oxygen atoms in total. The highest BCUT2D eigenvalue weighted by Crippen LogP contribution is 2.42. The Hall–Kier alpha value is -1.79. The van der Waals surface area contributed by atoms with Crippen molar-refractivity contribution in [1.82, 2.24) is 5.32 Å². The molecule has 2 unspecified atom stereocenters. The number of aliphatic carboxylic acids is 1. The monoisotopic (exact) mass is 293 g/mol. The van der Waals surface area contributed by atoms with Crippen molar-refractivity contribution in [1.29, 1.82) is 0 Å². The van der Waals surface area contributed by atoms with E-state index in [2.05, 4.69) is 5.32 Å². The number of carboxylic acids is 1. The fourth-order valence-electron chi connectivity index (χ4n) is 2.99. The van der Waals surface area contributed by atoms with Gasteiger partial charge in [-0.05, 0) is 18.1 Å². The Morgan fingerprint density at radius 1 is 1.43 bits per heavy atom. The van der Waals surface area contributed by atoms with Gasteiger partial charge in [-0.25, -0.2) is 0 Å². The number of carbonyl (C=O) groups is 1. The minimum Gasteiger partial charge on any atom is -0.486 e. The summed E-state index contributed by atoms with van der Waals surface area (Å²) in [6, 6.07) is 3.80. The van der Waals surface area contributed by atoms with Crippen LogP contribution in [0, 0.1) is 5.92 Å². The first-order valence-corrected chi connectivity index (χ1v) is 7.07. The predicted octanol–water partition coefficient (Wildman–Crippen LogP) is 1.34. The van der Waals surface area contributed by atoms with E-state index in [0.29, 0.717) is 32.8 Å². The normalized spacial score (nSPS) is 24.0. The standard InChI is InChI=1S/C15H19NO5/c1-19-8-9-2-3-12-14(21-5-4-20-12)13(9)11-6-10(7-16-11)15(17)18/h2-3,10-11,16H,4-8H2,1H3,(H,17,18). The average molecular weight is 293 g/mol. The Bertz CT molecular complexity index is 545. The van der Waals surface area contributed by atoms with Gasteiger partial charge in [-0.1, -0.05) is 6.07 Å². The molecule has 114 valence electrons. The lowest BCUT2D eigenvalue weighted by Gasteiger charge is -2.26. The first-order valence-electron chi connectivity index (χ1n) is 7.07. The summed E-state index contributed by atoms with van der Waals surface area (Å²) < 4.78 is 16.7. The molecule has 0 spiro atoms. The molecule has 3 rings (SSSR count). The largest absolute Gasteiger partial charge is 0.486 e. The SMILES string of the molecule is COCc1ccc2c(c1C1CC(C(=O)O)CN1)OCCO2. The number of carboxylic acid groups (broad SMARTS) is 1. The molecule has 2 heterocycles. The summed E-state index contributed by atoms with van der Waals surface area (Å²) in [5.74, 6) is 0.307. The topological polar surface area (TPSA) is 77.0 Å². The van der Waals surface area contributed by atoms with Crippen molar-refractivity contribution in [2.75, 3.05) is 26.9 Å². The molecule has 1 fully saturated rings. The Balaban J connectivity index is 1.97. The van der Waals surface area contributed by atoms with Crippen LogP contribution in [0.5, 0.6) is 11.5 Å². The van der Waals surface area contributed by atoms with Crippen LogP contribution in [0.4, 0.5) is 0 Å². The summed E-state index contributed by atoms with van der Waals surface area (Å²) in [5, 5.41) is 12.4. The van der Waals surface area contributed by atoms with Crippen molar-refractivity contribution in [2.45, 2.75) is 19.1 Å². The molecule has 1 aromatic rings. The molecule has 0 saturated carbocycles. The molecule has 2 aliphatic rings. The van der Waals surface area contributed by atoms with Gasteiger partial charge in [0.15, 0.2) is 11.5 Å². The number of nitrogens with one attached hydrogen (secondary N) is 1. The van der Waals surface area contributed by atoms with E-state index in [1.165, 1.54) is 0 Å². The Morgan fingerprint density at radius 2 is 2.24 bits per heavy atom. The van der Waals surface area contributed by atoms with E-state index in [9.17, 15) is 4.79 Å². The van der Waals surface area contributed by atoms with Gasteiger partial charge in [-0.3, -0.25) is 4.79 Å². The number of rotatable bonds is 4. The first kappa shape index (κ1) is 14.2.